The van der Waals surface area contributed by atoms with Crippen LogP contribution in [0.4, 0.5) is 0 Å². The highest BCUT2D eigenvalue weighted by Crippen LogP contribution is 2.34. The Balaban J connectivity index is 1.84. The van der Waals surface area contributed by atoms with Crippen LogP contribution in [0.15, 0.2) is 10.6 Å². The molecule has 0 N–H and O–H groups in total. The quantitative estimate of drug-likeness (QED) is 0.862. The van der Waals surface area contributed by atoms with Gasteiger partial charge in [-0.05, 0) is 39.5 Å². The Morgan fingerprint density at radius 3 is 3.00 bits per heavy atom. The Morgan fingerprint density at radius 2 is 2.32 bits per heavy atom. The van der Waals surface area contributed by atoms with Gasteiger partial charge in [0.15, 0.2) is 0 Å². The predicted octanol–water partition coefficient (Wildman–Crippen LogP) is 3.68. The summed E-state index contributed by atoms with van der Waals surface area (Å²) in [5.41, 5.74) is 1.71. The molecule has 1 fully saturated rings. The minimum absolute atomic E-state index is 0.0288. The van der Waals surface area contributed by atoms with E-state index < -0.39 is 0 Å². The van der Waals surface area contributed by atoms with Gasteiger partial charge in [-0.3, -0.25) is 4.79 Å². The molecule has 1 atom stereocenters. The van der Waals surface area contributed by atoms with Crippen LogP contribution in [0.1, 0.15) is 64.1 Å². The number of aromatic nitrogens is 2. The lowest BCUT2D eigenvalue weighted by Gasteiger charge is -2.22. The molecule has 22 heavy (non-hydrogen) atoms. The first-order valence-corrected chi connectivity index (χ1v) is 8.62. The van der Waals surface area contributed by atoms with Gasteiger partial charge in [0.25, 0.3) is 5.91 Å². The van der Waals surface area contributed by atoms with Gasteiger partial charge in [-0.15, -0.1) is 11.3 Å². The number of nitrogens with zero attached hydrogens (tertiary/aromatic N) is 3. The highest BCUT2D eigenvalue weighted by molar-refractivity contribution is 7.13. The number of amides is 1. The summed E-state index contributed by atoms with van der Waals surface area (Å²) in [4.78, 5) is 20.1. The number of carbonyl (C=O) groups is 1. The maximum Gasteiger partial charge on any atom is 0.266 e. The Kier molecular flexibility index (Phi) is 4.29. The lowest BCUT2D eigenvalue weighted by Crippen LogP contribution is -2.30. The van der Waals surface area contributed by atoms with Gasteiger partial charge in [0.05, 0.1) is 16.7 Å². The van der Waals surface area contributed by atoms with Crippen molar-refractivity contribution >= 4 is 17.2 Å². The number of carbonyl (C=O) groups excluding carboxylic acids is 1. The van der Waals surface area contributed by atoms with Crippen molar-refractivity contribution in [2.45, 2.75) is 52.5 Å². The summed E-state index contributed by atoms with van der Waals surface area (Å²) >= 11 is 1.54. The predicted molar refractivity (Wildman–Crippen MR) is 85.1 cm³/mol. The van der Waals surface area contributed by atoms with Gasteiger partial charge in [0.1, 0.15) is 16.3 Å². The SMILES string of the molecule is CCCc1nc(C)c(C(=O)N2CCC[C@H]2c2cc(C)on2)s1. The average Bonchev–Trinajstić information content (AvgIpc) is 3.18. The first-order valence-electron chi connectivity index (χ1n) is 7.80. The molecule has 2 aromatic rings. The van der Waals surface area contributed by atoms with Crippen molar-refractivity contribution in [2.75, 3.05) is 6.54 Å². The molecule has 0 aromatic carbocycles. The fourth-order valence-electron chi connectivity index (χ4n) is 2.96. The summed E-state index contributed by atoms with van der Waals surface area (Å²) in [6.45, 7) is 6.70. The van der Waals surface area contributed by atoms with Gasteiger partial charge < -0.3 is 9.42 Å². The number of hydrogen-bond acceptors (Lipinski definition) is 5. The molecule has 0 saturated carbocycles. The zero-order chi connectivity index (χ0) is 15.7. The Morgan fingerprint density at radius 1 is 1.50 bits per heavy atom. The fourth-order valence-corrected chi connectivity index (χ4v) is 4.08. The molecule has 118 valence electrons. The Labute approximate surface area is 134 Å². The molecule has 3 rings (SSSR count). The number of likely N-dealkylation sites (tertiary alicyclic amines) is 1. The average molecular weight is 319 g/mol. The maximum absolute atomic E-state index is 12.9. The van der Waals surface area contributed by atoms with Crippen molar-refractivity contribution in [1.82, 2.24) is 15.0 Å². The zero-order valence-electron chi connectivity index (χ0n) is 13.3. The molecule has 5 nitrogen and oxygen atoms in total. The minimum Gasteiger partial charge on any atom is -0.361 e. The summed E-state index contributed by atoms with van der Waals surface area (Å²) in [5.74, 6) is 0.869. The standard InChI is InChI=1S/C16H21N3O2S/c1-4-6-14-17-11(3)15(22-14)16(20)19-8-5-7-13(19)12-9-10(2)21-18-12/h9,13H,4-8H2,1-3H3/t13-/m0/s1. The third kappa shape index (κ3) is 2.79. The molecule has 0 unspecified atom stereocenters. The smallest absolute Gasteiger partial charge is 0.266 e. The van der Waals surface area contributed by atoms with Crippen LogP contribution in [0.3, 0.4) is 0 Å². The minimum atomic E-state index is 0.0288. The molecule has 0 spiro atoms. The van der Waals surface area contributed by atoms with Crippen LogP contribution in [0, 0.1) is 13.8 Å². The second-order valence-electron chi connectivity index (χ2n) is 5.79. The second-order valence-corrected chi connectivity index (χ2v) is 6.87. The van der Waals surface area contributed by atoms with E-state index in [0.29, 0.717) is 0 Å². The van der Waals surface area contributed by atoms with E-state index in [4.69, 9.17) is 4.52 Å². The van der Waals surface area contributed by atoms with Crippen LogP contribution >= 0.6 is 11.3 Å². The van der Waals surface area contributed by atoms with Gasteiger partial charge >= 0.3 is 0 Å². The largest absolute Gasteiger partial charge is 0.361 e. The van der Waals surface area contributed by atoms with Crippen molar-refractivity contribution in [3.8, 4) is 0 Å². The van der Waals surface area contributed by atoms with Crippen molar-refractivity contribution in [2.24, 2.45) is 0 Å². The monoisotopic (exact) mass is 319 g/mol. The topological polar surface area (TPSA) is 59.2 Å². The summed E-state index contributed by atoms with van der Waals surface area (Å²) in [5, 5.41) is 5.15. The first-order chi connectivity index (χ1) is 10.6. The third-order valence-corrected chi connectivity index (χ3v) is 5.21. The van der Waals surface area contributed by atoms with Crippen LogP contribution < -0.4 is 0 Å². The van der Waals surface area contributed by atoms with Gasteiger partial charge in [-0.2, -0.15) is 0 Å². The number of hydrogen-bond donors (Lipinski definition) is 0. The number of aryl methyl sites for hydroxylation is 3. The molecule has 1 aliphatic rings. The highest BCUT2D eigenvalue weighted by Gasteiger charge is 2.34. The van der Waals surface area contributed by atoms with E-state index in [0.717, 1.165) is 59.3 Å². The van der Waals surface area contributed by atoms with Crippen LogP contribution in [-0.2, 0) is 6.42 Å². The normalized spacial score (nSPS) is 18.1. The second kappa shape index (κ2) is 6.20. The molecule has 3 heterocycles. The van der Waals surface area contributed by atoms with E-state index >= 15 is 0 Å². The molecule has 6 heteroatoms. The van der Waals surface area contributed by atoms with Gasteiger partial charge in [-0.1, -0.05) is 12.1 Å². The molecule has 0 bridgehead atoms. The van der Waals surface area contributed by atoms with Crippen molar-refractivity contribution < 1.29 is 9.32 Å². The Hall–Kier alpha value is -1.69. The van der Waals surface area contributed by atoms with Crippen molar-refractivity contribution in [3.05, 3.63) is 33.1 Å². The van der Waals surface area contributed by atoms with Gasteiger partial charge in [-0.25, -0.2) is 4.98 Å². The van der Waals surface area contributed by atoms with E-state index in [1.54, 1.807) is 0 Å². The van der Waals surface area contributed by atoms with E-state index in [2.05, 4.69) is 17.1 Å². The van der Waals surface area contributed by atoms with Crippen LogP contribution in [0.25, 0.3) is 0 Å². The molecular weight excluding hydrogens is 298 g/mol. The molecule has 0 aliphatic carbocycles. The van der Waals surface area contributed by atoms with Crippen LogP contribution in [0.2, 0.25) is 0 Å². The molecule has 0 radical (unpaired) electrons. The third-order valence-electron chi connectivity index (χ3n) is 4.00. The van der Waals surface area contributed by atoms with Crippen molar-refractivity contribution in [3.63, 3.8) is 0 Å². The molecule has 1 aliphatic heterocycles. The van der Waals surface area contributed by atoms with E-state index in [1.165, 1.54) is 11.3 Å². The van der Waals surface area contributed by atoms with Gasteiger partial charge in [0, 0.05) is 12.6 Å². The molecule has 2 aromatic heterocycles. The number of thiazole rings is 1. The van der Waals surface area contributed by atoms with Crippen LogP contribution in [0.5, 0.6) is 0 Å². The Bertz CT molecular complexity index is 677. The summed E-state index contributed by atoms with van der Waals surface area (Å²) in [7, 11) is 0. The fraction of sp³-hybridized carbons (Fsp3) is 0.562. The molecule has 1 amide bonds. The van der Waals surface area contributed by atoms with E-state index in [-0.39, 0.29) is 11.9 Å². The zero-order valence-corrected chi connectivity index (χ0v) is 14.1. The summed E-state index contributed by atoms with van der Waals surface area (Å²) in [6, 6.07) is 1.96. The highest BCUT2D eigenvalue weighted by atomic mass is 32.1. The lowest BCUT2D eigenvalue weighted by atomic mass is 10.1. The number of rotatable bonds is 4. The lowest BCUT2D eigenvalue weighted by molar-refractivity contribution is 0.0735. The van der Waals surface area contributed by atoms with Crippen molar-refractivity contribution in [1.29, 1.82) is 0 Å². The first kappa shape index (κ1) is 15.2. The maximum atomic E-state index is 12.9. The summed E-state index contributed by atoms with van der Waals surface area (Å²) in [6.07, 6.45) is 3.93. The van der Waals surface area contributed by atoms with Gasteiger partial charge in [0.2, 0.25) is 0 Å². The summed E-state index contributed by atoms with van der Waals surface area (Å²) < 4.78 is 5.17. The molecule has 1 saturated heterocycles. The van der Waals surface area contributed by atoms with E-state index in [9.17, 15) is 4.79 Å². The van der Waals surface area contributed by atoms with Crippen LogP contribution in [-0.4, -0.2) is 27.5 Å². The molecular formula is C16H21N3O2S. The van der Waals surface area contributed by atoms with E-state index in [1.807, 2.05) is 24.8 Å².